The molecule has 6 rings (SSSR count). The molecule has 2 amide bonds. The number of nitrogens with zero attached hydrogens (tertiary/aromatic N) is 4. The molecule has 0 radical (unpaired) electrons. The van der Waals surface area contributed by atoms with Crippen molar-refractivity contribution >= 4 is 11.8 Å². The summed E-state index contributed by atoms with van der Waals surface area (Å²) >= 11 is 0. The van der Waals surface area contributed by atoms with Gasteiger partial charge in [-0.25, -0.2) is 14.1 Å². The molecule has 148 valence electrons. The number of rotatable bonds is 4. The van der Waals surface area contributed by atoms with Gasteiger partial charge in [0.2, 0.25) is 0 Å². The minimum Gasteiger partial charge on any atom is -0.447 e. The van der Waals surface area contributed by atoms with Crippen molar-refractivity contribution in [2.75, 3.05) is 13.6 Å². The van der Waals surface area contributed by atoms with E-state index in [-0.39, 0.29) is 41.2 Å². The van der Waals surface area contributed by atoms with Crippen molar-refractivity contribution in [2.24, 2.45) is 5.92 Å². The summed E-state index contributed by atoms with van der Waals surface area (Å²) in [6.45, 7) is 0.589. The van der Waals surface area contributed by atoms with Gasteiger partial charge in [-0.15, -0.1) is 0 Å². The standard InChI is InChI=1S/C20H18FN5O3/c1-22-19(27)17-18(29-10-23-17)16-11-8-15(16)25(9-11)20(28)14-6-7-26(24-14)13-4-2-12(21)3-5-13/h2-7,10-11,15-16H,8-9H2,1H3,(H,22,27). The lowest BCUT2D eigenvalue weighted by atomic mass is 9.72. The fourth-order valence-electron chi connectivity index (χ4n) is 4.34. The molecule has 1 aliphatic carbocycles. The van der Waals surface area contributed by atoms with E-state index >= 15 is 0 Å². The van der Waals surface area contributed by atoms with Gasteiger partial charge in [-0.1, -0.05) is 0 Å². The van der Waals surface area contributed by atoms with E-state index in [1.807, 2.05) is 0 Å². The van der Waals surface area contributed by atoms with Gasteiger partial charge in [-0.3, -0.25) is 9.59 Å². The first-order chi connectivity index (χ1) is 14.1. The van der Waals surface area contributed by atoms with Crippen LogP contribution < -0.4 is 5.32 Å². The van der Waals surface area contributed by atoms with Crippen LogP contribution in [0.15, 0.2) is 47.3 Å². The minimum absolute atomic E-state index is 0.0343. The van der Waals surface area contributed by atoms with Gasteiger partial charge in [0, 0.05) is 31.7 Å². The Morgan fingerprint density at radius 2 is 2.03 bits per heavy atom. The van der Waals surface area contributed by atoms with E-state index < -0.39 is 0 Å². The maximum absolute atomic E-state index is 13.1. The highest BCUT2D eigenvalue weighted by atomic mass is 19.1. The van der Waals surface area contributed by atoms with E-state index in [0.717, 1.165) is 6.42 Å². The monoisotopic (exact) mass is 395 g/mol. The fourth-order valence-corrected chi connectivity index (χ4v) is 4.34. The Balaban J connectivity index is 1.36. The van der Waals surface area contributed by atoms with Crippen molar-refractivity contribution < 1.29 is 18.4 Å². The lowest BCUT2D eigenvalue weighted by Gasteiger charge is -2.34. The summed E-state index contributed by atoms with van der Waals surface area (Å²) < 4.78 is 20.2. The molecule has 9 heteroatoms. The third-order valence-corrected chi connectivity index (χ3v) is 5.80. The first kappa shape index (κ1) is 17.6. The molecule has 2 saturated heterocycles. The molecule has 3 atom stereocenters. The molecule has 2 aromatic heterocycles. The summed E-state index contributed by atoms with van der Waals surface area (Å²) in [4.78, 5) is 30.9. The summed E-state index contributed by atoms with van der Waals surface area (Å²) in [5.41, 5.74) is 1.28. The normalized spacial score (nSPS) is 22.4. The zero-order valence-electron chi connectivity index (χ0n) is 15.6. The topological polar surface area (TPSA) is 93.3 Å². The van der Waals surface area contributed by atoms with Gasteiger partial charge in [-0.05, 0) is 42.7 Å². The van der Waals surface area contributed by atoms with Gasteiger partial charge in [0.05, 0.1) is 5.69 Å². The summed E-state index contributed by atoms with van der Waals surface area (Å²) in [5.74, 6) is -0.0494. The van der Waals surface area contributed by atoms with Gasteiger partial charge in [0.25, 0.3) is 11.8 Å². The van der Waals surface area contributed by atoms with Crippen molar-refractivity contribution in [3.63, 3.8) is 0 Å². The number of amides is 2. The Labute approximate surface area is 165 Å². The third-order valence-electron chi connectivity index (χ3n) is 5.80. The number of carbonyl (C=O) groups excluding carboxylic acids is 2. The Bertz CT molecular complexity index is 1090. The predicted molar refractivity (Wildman–Crippen MR) is 99.1 cm³/mol. The van der Waals surface area contributed by atoms with Crippen molar-refractivity contribution in [1.82, 2.24) is 25.0 Å². The van der Waals surface area contributed by atoms with Crippen LogP contribution >= 0.6 is 0 Å². The first-order valence-electron chi connectivity index (χ1n) is 9.35. The molecule has 2 bridgehead atoms. The number of carbonyl (C=O) groups is 2. The second-order valence-corrected chi connectivity index (χ2v) is 7.31. The van der Waals surface area contributed by atoms with Crippen LogP contribution in [-0.2, 0) is 0 Å². The molecule has 3 unspecified atom stereocenters. The van der Waals surface area contributed by atoms with Crippen molar-refractivity contribution in [3.8, 4) is 5.69 Å². The highest BCUT2D eigenvalue weighted by Gasteiger charge is 2.56. The number of halogens is 1. The summed E-state index contributed by atoms with van der Waals surface area (Å²) in [6, 6.07) is 7.51. The Hall–Kier alpha value is -3.49. The third kappa shape index (κ3) is 2.72. The molecule has 0 spiro atoms. The van der Waals surface area contributed by atoms with E-state index in [9.17, 15) is 14.0 Å². The van der Waals surface area contributed by atoms with E-state index in [2.05, 4.69) is 15.4 Å². The number of nitrogens with one attached hydrogen (secondary N) is 1. The smallest absolute Gasteiger partial charge is 0.274 e. The minimum atomic E-state index is -0.330. The van der Waals surface area contributed by atoms with Crippen LogP contribution in [0.2, 0.25) is 0 Å². The SMILES string of the molecule is CNC(=O)c1ncoc1C1C2CC1N(C(=O)c1ccn(-c3ccc(F)cc3)n1)C2. The van der Waals surface area contributed by atoms with E-state index in [4.69, 9.17) is 4.42 Å². The van der Waals surface area contributed by atoms with Crippen LogP contribution in [0.3, 0.4) is 0 Å². The number of hydrogen-bond donors (Lipinski definition) is 1. The van der Waals surface area contributed by atoms with Gasteiger partial charge < -0.3 is 14.6 Å². The van der Waals surface area contributed by atoms with Gasteiger partial charge >= 0.3 is 0 Å². The molecule has 1 aromatic carbocycles. The van der Waals surface area contributed by atoms with E-state index in [1.54, 1.807) is 41.0 Å². The Morgan fingerprint density at radius 1 is 1.24 bits per heavy atom. The predicted octanol–water partition coefficient (Wildman–Crippen LogP) is 1.99. The van der Waals surface area contributed by atoms with Crippen LogP contribution in [0.4, 0.5) is 4.39 Å². The van der Waals surface area contributed by atoms with Crippen LogP contribution in [-0.4, -0.2) is 51.1 Å². The molecule has 3 fully saturated rings. The lowest BCUT2D eigenvalue weighted by molar-refractivity contribution is 0.0723. The number of fused-ring (bicyclic) bond motifs is 1. The zero-order chi connectivity index (χ0) is 20.1. The molecule has 1 N–H and O–H groups in total. The highest BCUT2D eigenvalue weighted by molar-refractivity contribution is 5.94. The highest BCUT2D eigenvalue weighted by Crippen LogP contribution is 2.53. The van der Waals surface area contributed by atoms with Crippen molar-refractivity contribution in [2.45, 2.75) is 18.4 Å². The van der Waals surface area contributed by atoms with Gasteiger partial charge in [0.1, 0.15) is 11.6 Å². The number of aromatic nitrogens is 3. The van der Waals surface area contributed by atoms with Crippen LogP contribution in [0.5, 0.6) is 0 Å². The number of benzene rings is 1. The summed E-state index contributed by atoms with van der Waals surface area (Å²) in [6.07, 6.45) is 3.82. The van der Waals surface area contributed by atoms with E-state index in [0.29, 0.717) is 23.7 Å². The molecule has 8 nitrogen and oxygen atoms in total. The Kier molecular flexibility index (Phi) is 3.97. The van der Waals surface area contributed by atoms with Crippen molar-refractivity contribution in [3.05, 3.63) is 65.9 Å². The van der Waals surface area contributed by atoms with Crippen LogP contribution in [0, 0.1) is 11.7 Å². The maximum atomic E-state index is 13.1. The molecular formula is C20H18FN5O3. The molecule has 3 aromatic rings. The largest absolute Gasteiger partial charge is 0.447 e. The zero-order valence-corrected chi connectivity index (χ0v) is 15.6. The molecule has 2 aliphatic heterocycles. The number of hydrogen-bond acceptors (Lipinski definition) is 5. The van der Waals surface area contributed by atoms with Crippen LogP contribution in [0.25, 0.3) is 5.69 Å². The van der Waals surface area contributed by atoms with Gasteiger partial charge in [-0.2, -0.15) is 5.10 Å². The quantitative estimate of drug-likeness (QED) is 0.729. The molecule has 29 heavy (non-hydrogen) atoms. The molecular weight excluding hydrogens is 377 g/mol. The first-order valence-corrected chi connectivity index (χ1v) is 9.35. The second kappa shape index (κ2) is 6.54. The number of oxazole rings is 1. The second-order valence-electron chi connectivity index (χ2n) is 7.31. The molecule has 4 heterocycles. The summed E-state index contributed by atoms with van der Waals surface area (Å²) in [5, 5.41) is 6.92. The van der Waals surface area contributed by atoms with Crippen molar-refractivity contribution in [1.29, 1.82) is 0 Å². The van der Waals surface area contributed by atoms with E-state index in [1.165, 1.54) is 18.5 Å². The average molecular weight is 395 g/mol. The van der Waals surface area contributed by atoms with Crippen LogP contribution in [0.1, 0.15) is 39.1 Å². The molecule has 3 aliphatic rings. The Morgan fingerprint density at radius 3 is 2.79 bits per heavy atom. The fraction of sp³-hybridized carbons (Fsp3) is 0.300. The lowest BCUT2D eigenvalue weighted by Crippen LogP contribution is -2.40. The average Bonchev–Trinajstić information content (AvgIpc) is 3.49. The van der Waals surface area contributed by atoms with Gasteiger partial charge in [0.15, 0.2) is 17.8 Å². The summed E-state index contributed by atoms with van der Waals surface area (Å²) in [7, 11) is 1.55. The maximum Gasteiger partial charge on any atom is 0.274 e. The molecule has 1 saturated carbocycles.